The molecule has 3 rings (SSSR count). The van der Waals surface area contributed by atoms with Crippen LogP contribution >= 0.6 is 0 Å². The summed E-state index contributed by atoms with van der Waals surface area (Å²) < 4.78 is 5.43. The van der Waals surface area contributed by atoms with E-state index in [1.165, 1.54) is 0 Å². The van der Waals surface area contributed by atoms with Crippen molar-refractivity contribution in [2.75, 3.05) is 6.54 Å². The Labute approximate surface area is 86.5 Å². The van der Waals surface area contributed by atoms with Crippen LogP contribution in [0.3, 0.4) is 0 Å². The molecule has 1 aromatic rings. The average molecular weight is 208 g/mol. The number of carboxylic acid groups (broad SMARTS) is 1. The van der Waals surface area contributed by atoms with E-state index in [1.54, 1.807) is 13.1 Å². The standard InChI is InChI=1S/C10H12N2O3/c1-4-11-3-6(15-4)9-7-5(2-12-9)8(7)10(13)14/h3,5,7-9,12H,2H2,1H3,(H,13,14). The largest absolute Gasteiger partial charge is 0.481 e. The zero-order valence-corrected chi connectivity index (χ0v) is 8.30. The van der Waals surface area contributed by atoms with Crippen LogP contribution in [0.4, 0.5) is 0 Å². The van der Waals surface area contributed by atoms with Gasteiger partial charge in [0.15, 0.2) is 5.89 Å². The van der Waals surface area contributed by atoms with Crippen molar-refractivity contribution in [2.24, 2.45) is 17.8 Å². The number of fused-ring (bicyclic) bond motifs is 1. The minimum atomic E-state index is -0.687. The van der Waals surface area contributed by atoms with E-state index in [2.05, 4.69) is 10.3 Å². The van der Waals surface area contributed by atoms with Gasteiger partial charge in [-0.3, -0.25) is 4.79 Å². The molecule has 2 heterocycles. The van der Waals surface area contributed by atoms with Gasteiger partial charge in [0, 0.05) is 6.92 Å². The number of nitrogens with zero attached hydrogens (tertiary/aromatic N) is 1. The fraction of sp³-hybridized carbons (Fsp3) is 0.600. The molecular formula is C10H12N2O3. The second-order valence-corrected chi connectivity index (χ2v) is 4.27. The highest BCUT2D eigenvalue weighted by molar-refractivity contribution is 5.75. The first-order chi connectivity index (χ1) is 7.18. The number of oxazole rings is 1. The lowest BCUT2D eigenvalue weighted by Gasteiger charge is -2.10. The molecule has 1 aromatic heterocycles. The van der Waals surface area contributed by atoms with Crippen LogP contribution in [0, 0.1) is 24.7 Å². The number of hydrogen-bond acceptors (Lipinski definition) is 4. The zero-order chi connectivity index (χ0) is 10.6. The summed E-state index contributed by atoms with van der Waals surface area (Å²) in [5.74, 6) is 0.980. The minimum Gasteiger partial charge on any atom is -0.481 e. The Morgan fingerprint density at radius 1 is 1.73 bits per heavy atom. The first-order valence-electron chi connectivity index (χ1n) is 5.07. The molecule has 1 aliphatic heterocycles. The molecule has 1 aliphatic carbocycles. The Morgan fingerprint density at radius 2 is 2.53 bits per heavy atom. The average Bonchev–Trinajstić information content (AvgIpc) is 2.56. The van der Waals surface area contributed by atoms with E-state index in [9.17, 15) is 4.79 Å². The SMILES string of the molecule is Cc1ncc(C2NCC3C(C(=O)O)C23)o1. The van der Waals surface area contributed by atoms with Gasteiger partial charge < -0.3 is 14.8 Å². The number of aliphatic carboxylic acids is 1. The molecule has 0 radical (unpaired) electrons. The Bertz CT molecular complexity index is 415. The molecule has 2 fully saturated rings. The fourth-order valence-corrected chi connectivity index (χ4v) is 2.68. The number of carboxylic acids is 1. The fourth-order valence-electron chi connectivity index (χ4n) is 2.68. The van der Waals surface area contributed by atoms with Crippen molar-refractivity contribution in [1.29, 1.82) is 0 Å². The maximum Gasteiger partial charge on any atom is 0.307 e. The van der Waals surface area contributed by atoms with Gasteiger partial charge in [-0.2, -0.15) is 0 Å². The maximum atomic E-state index is 10.9. The van der Waals surface area contributed by atoms with Crippen molar-refractivity contribution < 1.29 is 14.3 Å². The van der Waals surface area contributed by atoms with Crippen LogP contribution in [0.5, 0.6) is 0 Å². The number of hydrogen-bond donors (Lipinski definition) is 2. The topological polar surface area (TPSA) is 75.4 Å². The molecule has 4 unspecified atom stereocenters. The van der Waals surface area contributed by atoms with Crippen molar-refractivity contribution in [3.63, 3.8) is 0 Å². The van der Waals surface area contributed by atoms with E-state index in [1.807, 2.05) is 0 Å². The first kappa shape index (κ1) is 8.91. The molecule has 5 heteroatoms. The second-order valence-electron chi connectivity index (χ2n) is 4.27. The van der Waals surface area contributed by atoms with E-state index < -0.39 is 5.97 Å². The first-order valence-corrected chi connectivity index (χ1v) is 5.07. The lowest BCUT2D eigenvalue weighted by molar-refractivity contribution is -0.139. The molecule has 80 valence electrons. The van der Waals surface area contributed by atoms with Crippen LogP contribution in [0.1, 0.15) is 17.7 Å². The molecule has 0 spiro atoms. The third-order valence-electron chi connectivity index (χ3n) is 3.42. The highest BCUT2D eigenvalue weighted by atomic mass is 16.4. The lowest BCUT2D eigenvalue weighted by atomic mass is 10.1. The van der Waals surface area contributed by atoms with Gasteiger partial charge in [-0.15, -0.1) is 0 Å². The van der Waals surface area contributed by atoms with Crippen LogP contribution < -0.4 is 5.32 Å². The van der Waals surface area contributed by atoms with Gasteiger partial charge in [0.25, 0.3) is 0 Å². The van der Waals surface area contributed by atoms with Crippen LogP contribution in [0.2, 0.25) is 0 Å². The number of piperidine rings is 1. The summed E-state index contributed by atoms with van der Waals surface area (Å²) in [6.07, 6.45) is 1.69. The Hall–Kier alpha value is -1.36. The summed E-state index contributed by atoms with van der Waals surface area (Å²) in [4.78, 5) is 14.9. The van der Waals surface area contributed by atoms with Crippen molar-refractivity contribution in [2.45, 2.75) is 13.0 Å². The highest BCUT2D eigenvalue weighted by Crippen LogP contribution is 2.57. The van der Waals surface area contributed by atoms with Gasteiger partial charge >= 0.3 is 5.97 Å². The molecule has 0 aromatic carbocycles. The van der Waals surface area contributed by atoms with Gasteiger partial charge in [-0.1, -0.05) is 0 Å². The molecule has 0 bridgehead atoms. The summed E-state index contributed by atoms with van der Waals surface area (Å²) in [5.41, 5.74) is 0. The third-order valence-corrected chi connectivity index (χ3v) is 3.42. The second kappa shape index (κ2) is 2.82. The molecule has 0 amide bonds. The summed E-state index contributed by atoms with van der Waals surface area (Å²) >= 11 is 0. The van der Waals surface area contributed by atoms with E-state index in [4.69, 9.17) is 9.52 Å². The van der Waals surface area contributed by atoms with Crippen molar-refractivity contribution in [3.05, 3.63) is 17.8 Å². The molecule has 5 nitrogen and oxygen atoms in total. The van der Waals surface area contributed by atoms with Crippen molar-refractivity contribution in [3.8, 4) is 0 Å². The summed E-state index contributed by atoms with van der Waals surface area (Å²) in [6.45, 7) is 2.56. The highest BCUT2D eigenvalue weighted by Gasteiger charge is 2.63. The van der Waals surface area contributed by atoms with Crippen LogP contribution in [-0.2, 0) is 4.79 Å². The molecule has 4 atom stereocenters. The van der Waals surface area contributed by atoms with Gasteiger partial charge in [0.1, 0.15) is 5.76 Å². The van der Waals surface area contributed by atoms with E-state index in [0.717, 1.165) is 12.3 Å². The smallest absolute Gasteiger partial charge is 0.307 e. The van der Waals surface area contributed by atoms with Crippen LogP contribution in [0.25, 0.3) is 0 Å². The molecular weight excluding hydrogens is 196 g/mol. The predicted molar refractivity (Wildman–Crippen MR) is 50.1 cm³/mol. The molecule has 2 aliphatic rings. The Kier molecular flexibility index (Phi) is 1.68. The monoisotopic (exact) mass is 208 g/mol. The van der Waals surface area contributed by atoms with Gasteiger partial charge in [-0.25, -0.2) is 4.98 Å². The number of aromatic nitrogens is 1. The zero-order valence-electron chi connectivity index (χ0n) is 8.30. The quantitative estimate of drug-likeness (QED) is 0.743. The van der Waals surface area contributed by atoms with Gasteiger partial charge in [0.05, 0.1) is 18.2 Å². The number of aryl methyl sites for hydroxylation is 1. The molecule has 15 heavy (non-hydrogen) atoms. The third kappa shape index (κ3) is 1.19. The van der Waals surface area contributed by atoms with Crippen molar-refractivity contribution >= 4 is 5.97 Å². The minimum absolute atomic E-state index is 0.0392. The normalized spacial score (nSPS) is 37.7. The molecule has 1 saturated heterocycles. The molecule has 2 N–H and O–H groups in total. The number of rotatable bonds is 2. The van der Waals surface area contributed by atoms with E-state index in [0.29, 0.717) is 5.89 Å². The summed E-state index contributed by atoms with van der Waals surface area (Å²) in [6, 6.07) is 0.0392. The van der Waals surface area contributed by atoms with Crippen molar-refractivity contribution in [1.82, 2.24) is 10.3 Å². The molecule has 1 saturated carbocycles. The summed E-state index contributed by atoms with van der Waals surface area (Å²) in [7, 11) is 0. The number of carbonyl (C=O) groups is 1. The van der Waals surface area contributed by atoms with Crippen LogP contribution in [-0.4, -0.2) is 22.6 Å². The van der Waals surface area contributed by atoms with E-state index in [-0.39, 0.29) is 23.8 Å². The predicted octanol–water partition coefficient (Wildman–Crippen LogP) is 0.574. The Morgan fingerprint density at radius 3 is 3.07 bits per heavy atom. The van der Waals surface area contributed by atoms with Crippen LogP contribution in [0.15, 0.2) is 10.6 Å². The van der Waals surface area contributed by atoms with Gasteiger partial charge in [0.2, 0.25) is 0 Å². The van der Waals surface area contributed by atoms with E-state index >= 15 is 0 Å². The summed E-state index contributed by atoms with van der Waals surface area (Å²) in [5, 5.41) is 12.2. The lowest BCUT2D eigenvalue weighted by Crippen LogP contribution is -2.22. The maximum absolute atomic E-state index is 10.9. The number of nitrogens with one attached hydrogen (secondary N) is 1. The van der Waals surface area contributed by atoms with Gasteiger partial charge in [-0.05, 0) is 18.4 Å². The Balaban J connectivity index is 1.82.